The van der Waals surface area contributed by atoms with Crippen molar-refractivity contribution in [3.8, 4) is 6.07 Å². The highest BCUT2D eigenvalue weighted by atomic mass is 35.5. The maximum absolute atomic E-state index is 13.6. The molecule has 0 aromatic heterocycles. The lowest BCUT2D eigenvalue weighted by atomic mass is 10.1. The van der Waals surface area contributed by atoms with Crippen molar-refractivity contribution in [3.63, 3.8) is 0 Å². The van der Waals surface area contributed by atoms with Gasteiger partial charge in [0.05, 0.1) is 27.9 Å². The van der Waals surface area contributed by atoms with Gasteiger partial charge < -0.3 is 10.5 Å². The Morgan fingerprint density at radius 1 is 1.38 bits per heavy atom. The van der Waals surface area contributed by atoms with Gasteiger partial charge in [0.25, 0.3) is 0 Å². The highest BCUT2D eigenvalue weighted by Crippen LogP contribution is 2.24. The second kappa shape index (κ2) is 6.25. The summed E-state index contributed by atoms with van der Waals surface area (Å²) in [5.41, 5.74) is 6.35. The van der Waals surface area contributed by atoms with Crippen molar-refractivity contribution in [2.45, 2.75) is 6.61 Å². The van der Waals surface area contributed by atoms with Gasteiger partial charge in [-0.25, -0.2) is 9.18 Å². The lowest BCUT2D eigenvalue weighted by Crippen LogP contribution is -2.08. The van der Waals surface area contributed by atoms with Gasteiger partial charge in [0.2, 0.25) is 0 Å². The number of esters is 1. The maximum Gasteiger partial charge on any atom is 0.340 e. The number of anilines is 1. The van der Waals surface area contributed by atoms with Gasteiger partial charge in [0.15, 0.2) is 0 Å². The Bertz CT molecular complexity index is 741. The summed E-state index contributed by atoms with van der Waals surface area (Å²) in [5.74, 6) is -1.27. The normalized spacial score (nSPS) is 9.95. The molecular formula is C15H10ClFN2O2. The van der Waals surface area contributed by atoms with Crippen LogP contribution in [0.3, 0.4) is 0 Å². The molecule has 2 aromatic carbocycles. The lowest BCUT2D eigenvalue weighted by molar-refractivity contribution is 0.0469. The van der Waals surface area contributed by atoms with E-state index in [1.807, 2.05) is 6.07 Å². The van der Waals surface area contributed by atoms with E-state index < -0.39 is 11.8 Å². The molecule has 0 spiro atoms. The number of ether oxygens (including phenoxy) is 1. The third-order valence-corrected chi connectivity index (χ3v) is 3.20. The molecule has 2 rings (SSSR count). The number of hydrogen-bond donors (Lipinski definition) is 1. The first-order valence-electron chi connectivity index (χ1n) is 5.92. The minimum absolute atomic E-state index is 0.0914. The average molecular weight is 305 g/mol. The van der Waals surface area contributed by atoms with Gasteiger partial charge in [-0.2, -0.15) is 5.26 Å². The summed E-state index contributed by atoms with van der Waals surface area (Å²) in [6.07, 6.45) is 0. The predicted octanol–water partition coefficient (Wildman–Crippen LogP) is 3.29. The van der Waals surface area contributed by atoms with Crippen molar-refractivity contribution in [1.82, 2.24) is 0 Å². The number of benzene rings is 2. The molecular weight excluding hydrogens is 295 g/mol. The molecule has 6 heteroatoms. The van der Waals surface area contributed by atoms with E-state index in [1.165, 1.54) is 18.2 Å². The molecule has 21 heavy (non-hydrogen) atoms. The number of carbonyl (C=O) groups excluding carboxylic acids is 1. The van der Waals surface area contributed by atoms with Gasteiger partial charge in [-0.15, -0.1) is 0 Å². The number of nitrogen functional groups attached to an aromatic ring is 1. The summed E-state index contributed by atoms with van der Waals surface area (Å²) in [5, 5.41) is 8.86. The molecule has 2 N–H and O–H groups in total. The van der Waals surface area contributed by atoms with Crippen LogP contribution in [0.25, 0.3) is 0 Å². The molecule has 0 unspecified atom stereocenters. The van der Waals surface area contributed by atoms with Crippen molar-refractivity contribution in [2.75, 3.05) is 5.73 Å². The fourth-order valence-corrected chi connectivity index (χ4v) is 1.89. The number of nitrogens with two attached hydrogens (primary N) is 1. The SMILES string of the molecule is N#Cc1ccc(F)c(COC(=O)c2cccc(N)c2Cl)c1. The first kappa shape index (κ1) is 14.8. The summed E-state index contributed by atoms with van der Waals surface area (Å²) in [7, 11) is 0. The Morgan fingerprint density at radius 2 is 2.14 bits per heavy atom. The minimum atomic E-state index is -0.714. The minimum Gasteiger partial charge on any atom is -0.457 e. The van der Waals surface area contributed by atoms with Crippen LogP contribution >= 0.6 is 11.6 Å². The summed E-state index contributed by atoms with van der Waals surface area (Å²) >= 11 is 5.91. The fraction of sp³-hybridized carbons (Fsp3) is 0.0667. The van der Waals surface area contributed by atoms with Crippen LogP contribution in [-0.4, -0.2) is 5.97 Å². The van der Waals surface area contributed by atoms with Gasteiger partial charge in [-0.1, -0.05) is 17.7 Å². The van der Waals surface area contributed by atoms with E-state index in [1.54, 1.807) is 12.1 Å². The second-order valence-electron chi connectivity index (χ2n) is 4.20. The van der Waals surface area contributed by atoms with Gasteiger partial charge >= 0.3 is 5.97 Å². The number of carbonyl (C=O) groups is 1. The van der Waals surface area contributed by atoms with Crippen molar-refractivity contribution >= 4 is 23.3 Å². The van der Waals surface area contributed by atoms with Crippen molar-refractivity contribution in [3.05, 3.63) is 63.9 Å². The lowest BCUT2D eigenvalue weighted by Gasteiger charge is -2.08. The predicted molar refractivity (Wildman–Crippen MR) is 76.1 cm³/mol. The van der Waals surface area contributed by atoms with Gasteiger partial charge in [-0.3, -0.25) is 0 Å². The van der Waals surface area contributed by atoms with Crippen LogP contribution in [0.5, 0.6) is 0 Å². The van der Waals surface area contributed by atoms with E-state index in [2.05, 4.69) is 0 Å². The molecule has 2 aromatic rings. The molecule has 0 saturated heterocycles. The number of nitrogens with zero attached hydrogens (tertiary/aromatic N) is 1. The van der Waals surface area contributed by atoms with Crippen molar-refractivity contribution in [2.24, 2.45) is 0 Å². The topological polar surface area (TPSA) is 76.1 Å². The van der Waals surface area contributed by atoms with E-state index in [9.17, 15) is 9.18 Å². The van der Waals surface area contributed by atoms with Crippen LogP contribution in [0.1, 0.15) is 21.5 Å². The molecule has 0 fully saturated rings. The van der Waals surface area contributed by atoms with E-state index >= 15 is 0 Å². The summed E-state index contributed by atoms with van der Waals surface area (Å²) in [6, 6.07) is 10.3. The molecule has 0 aliphatic heterocycles. The Hall–Kier alpha value is -2.58. The zero-order valence-corrected chi connectivity index (χ0v) is 11.5. The average Bonchev–Trinajstić information content (AvgIpc) is 2.49. The molecule has 4 nitrogen and oxygen atoms in total. The number of hydrogen-bond acceptors (Lipinski definition) is 4. The molecule has 0 radical (unpaired) electrons. The van der Waals surface area contributed by atoms with Crippen LogP contribution < -0.4 is 5.73 Å². The zero-order chi connectivity index (χ0) is 15.4. The summed E-state index contributed by atoms with van der Waals surface area (Å²) in [6.45, 7) is -0.300. The Morgan fingerprint density at radius 3 is 2.86 bits per heavy atom. The quantitative estimate of drug-likeness (QED) is 0.697. The Labute approximate surface area is 125 Å². The Balaban J connectivity index is 2.15. The largest absolute Gasteiger partial charge is 0.457 e. The highest BCUT2D eigenvalue weighted by molar-refractivity contribution is 6.36. The van der Waals surface area contributed by atoms with Crippen molar-refractivity contribution < 1.29 is 13.9 Å². The molecule has 0 bridgehead atoms. The highest BCUT2D eigenvalue weighted by Gasteiger charge is 2.14. The molecule has 0 saturated carbocycles. The maximum atomic E-state index is 13.6. The smallest absolute Gasteiger partial charge is 0.340 e. The van der Waals surface area contributed by atoms with Crippen LogP contribution in [0.15, 0.2) is 36.4 Å². The summed E-state index contributed by atoms with van der Waals surface area (Å²) < 4.78 is 18.6. The monoisotopic (exact) mass is 304 g/mol. The summed E-state index contributed by atoms with van der Waals surface area (Å²) in [4.78, 5) is 11.9. The molecule has 0 heterocycles. The molecule has 0 amide bonds. The van der Waals surface area contributed by atoms with E-state index in [0.717, 1.165) is 6.07 Å². The number of halogens is 2. The molecule has 0 atom stereocenters. The van der Waals surface area contributed by atoms with E-state index in [-0.39, 0.29) is 34.0 Å². The van der Waals surface area contributed by atoms with Crippen LogP contribution in [0.2, 0.25) is 5.02 Å². The zero-order valence-electron chi connectivity index (χ0n) is 10.8. The van der Waals surface area contributed by atoms with E-state index in [0.29, 0.717) is 0 Å². The van der Waals surface area contributed by atoms with Gasteiger partial charge in [-0.05, 0) is 30.3 Å². The van der Waals surface area contributed by atoms with Crippen LogP contribution in [0, 0.1) is 17.1 Å². The van der Waals surface area contributed by atoms with E-state index in [4.69, 9.17) is 27.3 Å². The first-order chi connectivity index (χ1) is 10.0. The molecule has 106 valence electrons. The van der Waals surface area contributed by atoms with Gasteiger partial charge in [0, 0.05) is 5.56 Å². The standard InChI is InChI=1S/C15H10ClFN2O2/c16-14-11(2-1-3-13(14)19)15(20)21-8-10-6-9(7-18)4-5-12(10)17/h1-6H,8,19H2. The number of rotatable bonds is 3. The molecule has 0 aliphatic carbocycles. The van der Waals surface area contributed by atoms with Crippen molar-refractivity contribution in [1.29, 1.82) is 5.26 Å². The van der Waals surface area contributed by atoms with Crippen LogP contribution in [0.4, 0.5) is 10.1 Å². The second-order valence-corrected chi connectivity index (χ2v) is 4.58. The van der Waals surface area contributed by atoms with Gasteiger partial charge in [0.1, 0.15) is 12.4 Å². The number of nitriles is 1. The van der Waals surface area contributed by atoms with Crippen LogP contribution in [-0.2, 0) is 11.3 Å². The Kier molecular flexibility index (Phi) is 4.41. The third-order valence-electron chi connectivity index (χ3n) is 2.78. The first-order valence-corrected chi connectivity index (χ1v) is 6.30. The third kappa shape index (κ3) is 3.30. The fourth-order valence-electron chi connectivity index (χ4n) is 1.68. The molecule has 0 aliphatic rings.